The van der Waals surface area contributed by atoms with Gasteiger partial charge in [0.15, 0.2) is 10.9 Å². The van der Waals surface area contributed by atoms with Gasteiger partial charge in [-0.15, -0.1) is 5.10 Å². The number of nitrogens with zero attached hydrogens (tertiary/aromatic N) is 5. The number of aromatic nitrogens is 4. The summed E-state index contributed by atoms with van der Waals surface area (Å²) in [6.45, 7) is 1.54. The van der Waals surface area contributed by atoms with E-state index in [2.05, 4.69) is 32.3 Å². The lowest BCUT2D eigenvalue weighted by Gasteiger charge is -2.30. The van der Waals surface area contributed by atoms with Crippen molar-refractivity contribution in [2.45, 2.75) is 31.6 Å². The molecule has 0 atom stereocenters. The summed E-state index contributed by atoms with van der Waals surface area (Å²) < 4.78 is 16.7. The maximum Gasteiger partial charge on any atom is 0.335 e. The van der Waals surface area contributed by atoms with Crippen molar-refractivity contribution in [3.8, 4) is 5.69 Å². The van der Waals surface area contributed by atoms with Crippen molar-refractivity contribution >= 4 is 61.9 Å². The second-order valence-electron chi connectivity index (χ2n) is 9.41. The average Bonchev–Trinajstić information content (AvgIpc) is 3.49. The van der Waals surface area contributed by atoms with Gasteiger partial charge in [0.1, 0.15) is 11.2 Å². The van der Waals surface area contributed by atoms with E-state index in [4.69, 9.17) is 23.2 Å². The Bertz CT molecular complexity index is 1520. The van der Waals surface area contributed by atoms with E-state index in [1.165, 1.54) is 17.4 Å². The Kier molecular flexibility index (Phi) is 6.38. The Morgan fingerprint density at radius 2 is 1.86 bits per heavy atom. The van der Waals surface area contributed by atoms with E-state index in [0.717, 1.165) is 56.2 Å². The molecule has 7 nitrogen and oxygen atoms in total. The number of fused-ring (bicyclic) bond motifs is 1. The summed E-state index contributed by atoms with van der Waals surface area (Å²) in [7, 11) is 0. The van der Waals surface area contributed by atoms with Crippen LogP contribution in [0.5, 0.6) is 0 Å². The van der Waals surface area contributed by atoms with Crippen LogP contribution in [0.1, 0.15) is 53.3 Å². The highest BCUT2D eigenvalue weighted by Crippen LogP contribution is 2.42. The molecule has 0 bridgehead atoms. The highest BCUT2D eigenvalue weighted by atomic mass is 35.5. The van der Waals surface area contributed by atoms with Gasteiger partial charge in [0.25, 0.3) is 0 Å². The molecule has 2 aliphatic rings. The number of carboxylic acid groups (broad SMARTS) is 1. The van der Waals surface area contributed by atoms with Crippen molar-refractivity contribution < 1.29 is 14.3 Å². The van der Waals surface area contributed by atoms with E-state index in [0.29, 0.717) is 37.4 Å². The van der Waals surface area contributed by atoms with Crippen molar-refractivity contribution in [2.24, 2.45) is 5.92 Å². The second kappa shape index (κ2) is 9.70. The molecule has 0 spiro atoms. The van der Waals surface area contributed by atoms with Gasteiger partial charge in [-0.2, -0.15) is 0 Å². The molecule has 2 fully saturated rings. The lowest BCUT2D eigenvalue weighted by atomic mass is 9.96. The van der Waals surface area contributed by atoms with Gasteiger partial charge in [0, 0.05) is 19.0 Å². The summed E-state index contributed by atoms with van der Waals surface area (Å²) in [4.78, 5) is 17.9. The number of piperidine rings is 1. The van der Waals surface area contributed by atoms with Crippen LogP contribution < -0.4 is 4.90 Å². The zero-order valence-electron chi connectivity index (χ0n) is 19.6. The maximum atomic E-state index is 14.4. The number of para-hydroxylation sites is 1. The smallest absolute Gasteiger partial charge is 0.335 e. The van der Waals surface area contributed by atoms with Crippen LogP contribution in [-0.4, -0.2) is 44.1 Å². The highest BCUT2D eigenvalue weighted by molar-refractivity contribution is 7.22. The van der Waals surface area contributed by atoms with Crippen molar-refractivity contribution in [3.63, 3.8) is 0 Å². The fraction of sp³-hybridized carbons (Fsp3) is 0.308. The van der Waals surface area contributed by atoms with Gasteiger partial charge in [-0.1, -0.05) is 51.9 Å². The molecule has 3 heterocycles. The molecule has 4 aromatic rings. The first kappa shape index (κ1) is 24.3. The molecule has 190 valence electrons. The topological polar surface area (TPSA) is 84.1 Å². The normalized spacial score (nSPS) is 16.8. The van der Waals surface area contributed by atoms with Crippen LogP contribution in [0.25, 0.3) is 22.0 Å². The third-order valence-corrected chi connectivity index (χ3v) is 8.54. The number of thiazole rings is 1. The van der Waals surface area contributed by atoms with E-state index in [9.17, 15) is 14.3 Å². The number of carbonyl (C=O) groups is 1. The maximum absolute atomic E-state index is 14.4. The quantitative estimate of drug-likeness (QED) is 0.279. The van der Waals surface area contributed by atoms with Crippen LogP contribution in [0.15, 0.2) is 36.4 Å². The number of aromatic carboxylic acids is 1. The molecule has 1 saturated carbocycles. The number of carboxylic acids is 1. The van der Waals surface area contributed by atoms with Gasteiger partial charge in [-0.25, -0.2) is 18.9 Å². The van der Waals surface area contributed by atoms with Gasteiger partial charge in [0.2, 0.25) is 0 Å². The van der Waals surface area contributed by atoms with E-state index in [1.807, 2.05) is 0 Å². The molecule has 11 heteroatoms. The summed E-state index contributed by atoms with van der Waals surface area (Å²) in [5.74, 6) is -0.997. The first-order valence-electron chi connectivity index (χ1n) is 12.1. The second-order valence-corrected chi connectivity index (χ2v) is 11.2. The van der Waals surface area contributed by atoms with Crippen LogP contribution in [0, 0.1) is 11.7 Å². The van der Waals surface area contributed by atoms with Crippen molar-refractivity contribution in [1.29, 1.82) is 0 Å². The zero-order chi connectivity index (χ0) is 25.7. The molecular weight excluding hydrogens is 536 g/mol. The van der Waals surface area contributed by atoms with Crippen molar-refractivity contribution in [3.05, 3.63) is 69.2 Å². The van der Waals surface area contributed by atoms with Gasteiger partial charge < -0.3 is 10.0 Å². The fourth-order valence-electron chi connectivity index (χ4n) is 4.71. The van der Waals surface area contributed by atoms with Crippen molar-refractivity contribution in [1.82, 2.24) is 20.0 Å². The van der Waals surface area contributed by atoms with E-state index < -0.39 is 11.8 Å². The van der Waals surface area contributed by atoms with Gasteiger partial charge in [0.05, 0.1) is 31.7 Å². The molecule has 6 rings (SSSR count). The number of hydrogen-bond acceptors (Lipinski definition) is 6. The predicted molar refractivity (Wildman–Crippen MR) is 144 cm³/mol. The summed E-state index contributed by atoms with van der Waals surface area (Å²) >= 11 is 14.3. The Hall–Kier alpha value is -3.01. The van der Waals surface area contributed by atoms with Gasteiger partial charge >= 0.3 is 5.97 Å². The predicted octanol–water partition coefficient (Wildman–Crippen LogP) is 6.83. The summed E-state index contributed by atoms with van der Waals surface area (Å²) in [5, 5.41) is 19.8. The van der Waals surface area contributed by atoms with Crippen LogP contribution in [0.2, 0.25) is 10.0 Å². The number of benzene rings is 2. The zero-order valence-corrected chi connectivity index (χ0v) is 21.9. The third-order valence-electron chi connectivity index (χ3n) is 6.87. The Morgan fingerprint density at radius 3 is 2.54 bits per heavy atom. The molecule has 1 N–H and O–H groups in total. The number of anilines is 1. The van der Waals surface area contributed by atoms with Crippen LogP contribution in [0.3, 0.4) is 0 Å². The van der Waals surface area contributed by atoms with E-state index in [-0.39, 0.29) is 11.1 Å². The molecule has 2 aromatic heterocycles. The number of halogens is 3. The third kappa shape index (κ3) is 4.71. The SMILES string of the molecule is O=C(O)c1cc(F)c2nc(N3CCC(/C=C/c4c(C5CC5)nnn4-c4c(Cl)cccc4Cl)CC3)sc2c1. The minimum Gasteiger partial charge on any atom is -0.478 e. The van der Waals surface area contributed by atoms with Crippen LogP contribution in [-0.2, 0) is 0 Å². The standard InChI is InChI=1S/C26H22Cl2FN5O2S/c27-17-2-1-3-18(28)24(17)34-20(22(31-32-34)15-5-6-15)7-4-14-8-10-33(11-9-14)26-30-23-19(29)12-16(25(35)36)13-21(23)37-26/h1-4,7,12-15H,5-6,8-11H2,(H,35,36)/b7-4+. The Labute approximate surface area is 226 Å². The first-order valence-corrected chi connectivity index (χ1v) is 13.6. The molecule has 0 amide bonds. The Balaban J connectivity index is 1.20. The number of allylic oxidation sites excluding steroid dienone is 1. The number of rotatable bonds is 6. The largest absolute Gasteiger partial charge is 0.478 e. The molecule has 1 aliphatic carbocycles. The van der Waals surface area contributed by atoms with E-state index in [1.54, 1.807) is 22.9 Å². The molecule has 0 radical (unpaired) electrons. The lowest BCUT2D eigenvalue weighted by Crippen LogP contribution is -2.32. The number of hydrogen-bond donors (Lipinski definition) is 1. The fourth-order valence-corrected chi connectivity index (χ4v) is 6.34. The van der Waals surface area contributed by atoms with Crippen LogP contribution in [0.4, 0.5) is 9.52 Å². The highest BCUT2D eigenvalue weighted by Gasteiger charge is 2.31. The molecule has 1 aliphatic heterocycles. The van der Waals surface area contributed by atoms with Gasteiger partial charge in [-0.05, 0) is 61.9 Å². The summed E-state index contributed by atoms with van der Waals surface area (Å²) in [6, 6.07) is 7.90. The van der Waals surface area contributed by atoms with Crippen molar-refractivity contribution in [2.75, 3.05) is 18.0 Å². The molecule has 1 saturated heterocycles. The summed E-state index contributed by atoms with van der Waals surface area (Å²) in [6.07, 6.45) is 8.31. The van der Waals surface area contributed by atoms with Crippen LogP contribution >= 0.6 is 34.5 Å². The first-order chi connectivity index (χ1) is 17.9. The molecule has 2 aromatic carbocycles. The monoisotopic (exact) mass is 557 g/mol. The van der Waals surface area contributed by atoms with E-state index >= 15 is 0 Å². The average molecular weight is 558 g/mol. The Morgan fingerprint density at radius 1 is 1.14 bits per heavy atom. The minimum absolute atomic E-state index is 0.0681. The molecule has 0 unspecified atom stereocenters. The minimum atomic E-state index is -1.15. The molecular formula is C26H22Cl2FN5O2S. The molecule has 37 heavy (non-hydrogen) atoms. The van der Waals surface area contributed by atoms with Gasteiger partial charge in [-0.3, -0.25) is 0 Å². The lowest BCUT2D eigenvalue weighted by molar-refractivity contribution is 0.0696. The summed E-state index contributed by atoms with van der Waals surface area (Å²) in [5.41, 5.74) is 2.67.